The average Bonchev–Trinajstić information content (AvgIpc) is 3.04. The molecule has 5 nitrogen and oxygen atoms in total. The van der Waals surface area contributed by atoms with Crippen LogP contribution < -0.4 is 10.0 Å². The molecule has 2 rings (SSSR count). The van der Waals surface area contributed by atoms with Crippen molar-refractivity contribution in [1.82, 2.24) is 15.0 Å². The molecule has 3 N–H and O–H groups in total. The predicted octanol–water partition coefficient (Wildman–Crippen LogP) is 5.98. The number of alkyl halides is 3. The number of hydrogen-bond donors (Lipinski definition) is 3. The van der Waals surface area contributed by atoms with E-state index in [1.165, 1.54) is 0 Å². The van der Waals surface area contributed by atoms with Crippen LogP contribution in [-0.2, 0) is 6.42 Å². The van der Waals surface area contributed by atoms with E-state index in [-0.39, 0.29) is 27.5 Å². The summed E-state index contributed by atoms with van der Waals surface area (Å²) in [6, 6.07) is 3.23. The highest BCUT2D eigenvalue weighted by Crippen LogP contribution is 2.42. The smallest absolute Gasteiger partial charge is 0.389 e. The van der Waals surface area contributed by atoms with Gasteiger partial charge in [0, 0.05) is 17.0 Å². The van der Waals surface area contributed by atoms with Crippen LogP contribution in [0.4, 0.5) is 13.2 Å². The van der Waals surface area contributed by atoms with Gasteiger partial charge in [-0.25, -0.2) is 4.98 Å². The molecule has 2 aromatic rings. The van der Waals surface area contributed by atoms with Gasteiger partial charge in [0.1, 0.15) is 6.54 Å². The molecule has 0 bridgehead atoms. The Balaban J connectivity index is 2.35. The maximum atomic E-state index is 12.5. The van der Waals surface area contributed by atoms with Crippen LogP contribution in [0.25, 0.3) is 10.4 Å². The van der Waals surface area contributed by atoms with Crippen molar-refractivity contribution in [3.05, 3.63) is 32.9 Å². The van der Waals surface area contributed by atoms with E-state index in [0.717, 1.165) is 23.3 Å². The molecule has 0 saturated heterocycles. The van der Waals surface area contributed by atoms with Crippen LogP contribution in [0.5, 0.6) is 0 Å². The molecule has 178 valence electrons. The lowest BCUT2D eigenvalue weighted by Crippen LogP contribution is -2.38. The van der Waals surface area contributed by atoms with Crippen molar-refractivity contribution < 1.29 is 23.1 Å². The summed E-state index contributed by atoms with van der Waals surface area (Å²) in [6.45, 7) is 6.06. The second-order valence-corrected chi connectivity index (χ2v) is 10.9. The first kappa shape index (κ1) is 27.2. The Morgan fingerprint density at radius 2 is 1.88 bits per heavy atom. The molecule has 1 aromatic carbocycles. The second-order valence-electron chi connectivity index (χ2n) is 8.17. The number of benzene rings is 1. The molecule has 0 atom stereocenters. The van der Waals surface area contributed by atoms with Gasteiger partial charge in [-0.1, -0.05) is 43.1 Å². The lowest BCUT2D eigenvalue weighted by molar-refractivity contribution is -0.121. The molecule has 0 spiro atoms. The zero-order valence-corrected chi connectivity index (χ0v) is 21.0. The van der Waals surface area contributed by atoms with Gasteiger partial charge in [-0.2, -0.15) is 13.2 Å². The van der Waals surface area contributed by atoms with Gasteiger partial charge < -0.3 is 10.4 Å². The Bertz CT molecular complexity index is 961. The van der Waals surface area contributed by atoms with Crippen molar-refractivity contribution in [3.63, 3.8) is 0 Å². The van der Waals surface area contributed by atoms with E-state index in [4.69, 9.17) is 23.2 Å². The van der Waals surface area contributed by atoms with Crippen LogP contribution in [0, 0.1) is 5.92 Å². The number of thiazole rings is 1. The molecule has 1 amide bonds. The number of carbonyl (C=O) groups excluding carboxylic acids is 1. The summed E-state index contributed by atoms with van der Waals surface area (Å²) in [5.41, 5.74) is 0.152. The Morgan fingerprint density at radius 1 is 1.22 bits per heavy atom. The molecule has 1 aromatic heterocycles. The summed E-state index contributed by atoms with van der Waals surface area (Å²) in [6.07, 6.45) is -3.76. The Morgan fingerprint density at radius 3 is 2.44 bits per heavy atom. The molecular formula is C20H24Cl2F3N3O2S2. The zero-order valence-electron chi connectivity index (χ0n) is 17.9. The van der Waals surface area contributed by atoms with Crippen LogP contribution >= 0.6 is 46.5 Å². The van der Waals surface area contributed by atoms with E-state index >= 15 is 0 Å². The van der Waals surface area contributed by atoms with Gasteiger partial charge >= 0.3 is 6.18 Å². The number of carbonyl (C=O) groups is 1. The Hall–Kier alpha value is -1.04. The number of aromatic nitrogens is 1. The SMILES string of the molecule is CC(C)Cc1nc(C(=O)NCC(C)(C)O)sc1-c1ccc(SNCC(F)(F)F)c(Cl)c1Cl. The maximum absolute atomic E-state index is 12.5. The predicted molar refractivity (Wildman–Crippen MR) is 125 cm³/mol. The van der Waals surface area contributed by atoms with Crippen LogP contribution in [0.2, 0.25) is 10.0 Å². The Labute approximate surface area is 203 Å². The number of hydrogen-bond acceptors (Lipinski definition) is 6. The second kappa shape index (κ2) is 10.9. The van der Waals surface area contributed by atoms with Crippen molar-refractivity contribution in [3.8, 4) is 10.4 Å². The van der Waals surface area contributed by atoms with Gasteiger partial charge in [0.15, 0.2) is 5.01 Å². The topological polar surface area (TPSA) is 74.2 Å². The average molecular weight is 530 g/mol. The minimum Gasteiger partial charge on any atom is -0.389 e. The summed E-state index contributed by atoms with van der Waals surface area (Å²) in [5, 5.41) is 13.0. The molecule has 0 fully saturated rings. The first-order valence-electron chi connectivity index (χ1n) is 9.63. The third-order valence-corrected chi connectivity index (χ3v) is 6.89. The largest absolute Gasteiger partial charge is 0.402 e. The molecule has 1 heterocycles. The van der Waals surface area contributed by atoms with E-state index in [9.17, 15) is 23.1 Å². The van der Waals surface area contributed by atoms with Crippen LogP contribution in [0.1, 0.15) is 43.2 Å². The quantitative estimate of drug-likeness (QED) is 0.348. The van der Waals surface area contributed by atoms with Crippen LogP contribution in [0.15, 0.2) is 17.0 Å². The monoisotopic (exact) mass is 529 g/mol. The molecule has 32 heavy (non-hydrogen) atoms. The van der Waals surface area contributed by atoms with E-state index in [2.05, 4.69) is 15.0 Å². The highest BCUT2D eigenvalue weighted by Gasteiger charge is 2.27. The number of aliphatic hydroxyl groups is 1. The number of amides is 1. The number of nitrogens with one attached hydrogen (secondary N) is 2. The van der Waals surface area contributed by atoms with Crippen molar-refractivity contribution in [2.75, 3.05) is 13.1 Å². The number of nitrogens with zero attached hydrogens (tertiary/aromatic N) is 1. The van der Waals surface area contributed by atoms with E-state index in [1.54, 1.807) is 26.0 Å². The minimum absolute atomic E-state index is 0.0592. The summed E-state index contributed by atoms with van der Waals surface area (Å²) >= 11 is 14.7. The van der Waals surface area contributed by atoms with Gasteiger partial charge in [0.2, 0.25) is 0 Å². The van der Waals surface area contributed by atoms with Gasteiger partial charge in [-0.15, -0.1) is 11.3 Å². The molecule has 0 saturated carbocycles. The first-order valence-corrected chi connectivity index (χ1v) is 12.0. The van der Waals surface area contributed by atoms with E-state index in [0.29, 0.717) is 27.5 Å². The fraction of sp³-hybridized carbons (Fsp3) is 0.500. The Kier molecular flexibility index (Phi) is 9.29. The fourth-order valence-electron chi connectivity index (χ4n) is 2.54. The lowest BCUT2D eigenvalue weighted by Gasteiger charge is -2.16. The third kappa shape index (κ3) is 8.07. The molecule has 0 aliphatic rings. The summed E-state index contributed by atoms with van der Waals surface area (Å²) in [4.78, 5) is 18.0. The number of halogens is 5. The highest BCUT2D eigenvalue weighted by molar-refractivity contribution is 7.97. The summed E-state index contributed by atoms with van der Waals surface area (Å²) in [7, 11) is 0. The van der Waals surface area contributed by atoms with E-state index in [1.807, 2.05) is 13.8 Å². The third-order valence-electron chi connectivity index (χ3n) is 3.92. The molecule has 12 heteroatoms. The van der Waals surface area contributed by atoms with E-state index < -0.39 is 24.2 Å². The van der Waals surface area contributed by atoms with Crippen LogP contribution in [-0.4, -0.2) is 40.9 Å². The first-order chi connectivity index (χ1) is 14.7. The summed E-state index contributed by atoms with van der Waals surface area (Å²) < 4.78 is 39.3. The standard InChI is InChI=1S/C20H24Cl2F3N3O2S2/c1-10(2)7-12-16(31-18(28-12)17(29)26-8-19(3,4)30)11-5-6-13(15(22)14(11)21)32-27-9-20(23,24)25/h5-6,10,27,30H,7-9H2,1-4H3,(H,26,29). The van der Waals surface area contributed by atoms with Crippen molar-refractivity contribution in [2.45, 2.75) is 50.8 Å². The molecule has 0 aliphatic heterocycles. The van der Waals surface area contributed by atoms with Gasteiger partial charge in [0.25, 0.3) is 5.91 Å². The zero-order chi connectivity index (χ0) is 24.3. The number of rotatable bonds is 9. The van der Waals surface area contributed by atoms with Crippen molar-refractivity contribution in [1.29, 1.82) is 0 Å². The lowest BCUT2D eigenvalue weighted by atomic mass is 10.0. The molecule has 0 radical (unpaired) electrons. The summed E-state index contributed by atoms with van der Waals surface area (Å²) in [5.74, 6) is -0.169. The highest BCUT2D eigenvalue weighted by atomic mass is 35.5. The molecule has 0 aliphatic carbocycles. The van der Waals surface area contributed by atoms with Gasteiger partial charge in [0.05, 0.1) is 26.2 Å². The van der Waals surface area contributed by atoms with Gasteiger partial charge in [-0.05, 0) is 44.2 Å². The van der Waals surface area contributed by atoms with Gasteiger partial charge in [-0.3, -0.25) is 9.52 Å². The molecule has 0 unspecified atom stereocenters. The normalized spacial score (nSPS) is 12.5. The maximum Gasteiger partial charge on any atom is 0.402 e. The fourth-order valence-corrected chi connectivity index (χ4v) is 4.95. The van der Waals surface area contributed by atoms with Crippen LogP contribution in [0.3, 0.4) is 0 Å². The van der Waals surface area contributed by atoms with Crippen molar-refractivity contribution >= 4 is 52.4 Å². The van der Waals surface area contributed by atoms with Crippen molar-refractivity contribution in [2.24, 2.45) is 5.92 Å². The molecular weight excluding hydrogens is 506 g/mol. The minimum atomic E-state index is -4.35.